The summed E-state index contributed by atoms with van der Waals surface area (Å²) < 4.78 is 40.0. The summed E-state index contributed by atoms with van der Waals surface area (Å²) in [7, 11) is -4.10. The van der Waals surface area contributed by atoms with E-state index in [-0.39, 0.29) is 4.90 Å². The maximum absolute atomic E-state index is 13.7. The fraction of sp³-hybridized carbons (Fsp3) is 0.188. The van der Waals surface area contributed by atoms with Gasteiger partial charge >= 0.3 is 0 Å². The monoisotopic (exact) mass is 639 g/mol. The molecule has 0 bridgehead atoms. The number of nitrogens with one attached hydrogen (secondary N) is 1. The molecule has 0 aliphatic rings. The summed E-state index contributed by atoms with van der Waals surface area (Å²) in [5.41, 5.74) is 5.69. The van der Waals surface area contributed by atoms with Gasteiger partial charge in [-0.25, -0.2) is 13.8 Å². The smallest absolute Gasteiger partial charge is 0.264 e. The van der Waals surface area contributed by atoms with Gasteiger partial charge in [-0.2, -0.15) is 5.10 Å². The molecule has 0 radical (unpaired) electrons. The first kappa shape index (κ1) is 31.9. The Hall–Kier alpha value is -4.05. The second-order valence-electron chi connectivity index (χ2n) is 9.56. The molecule has 4 rings (SSSR count). The van der Waals surface area contributed by atoms with Gasteiger partial charge in [-0.05, 0) is 92.1 Å². The normalized spacial score (nSPS) is 11.4. The highest BCUT2D eigenvalue weighted by atomic mass is 35.5. The van der Waals surface area contributed by atoms with Gasteiger partial charge < -0.3 is 9.47 Å². The van der Waals surface area contributed by atoms with Crippen LogP contribution in [0.1, 0.15) is 29.2 Å². The zero-order valence-electron chi connectivity index (χ0n) is 23.9. The first-order valence-electron chi connectivity index (χ1n) is 13.4. The van der Waals surface area contributed by atoms with Crippen LogP contribution >= 0.6 is 23.2 Å². The fourth-order valence-corrected chi connectivity index (χ4v) is 5.99. The van der Waals surface area contributed by atoms with Gasteiger partial charge in [0.25, 0.3) is 15.9 Å². The summed E-state index contributed by atoms with van der Waals surface area (Å²) in [5.74, 6) is 0.404. The molecule has 0 atom stereocenters. The SMILES string of the molecule is CCOc1cc(/C=N\NC(=O)CN(c2cccc(Cl)c2C)S(=O)(=O)c2ccc(C)cc2)ccc1OCc1cccc(Cl)c1. The van der Waals surface area contributed by atoms with E-state index in [1.165, 1.54) is 18.3 Å². The Labute approximate surface area is 261 Å². The van der Waals surface area contributed by atoms with E-state index in [9.17, 15) is 13.2 Å². The highest BCUT2D eigenvalue weighted by molar-refractivity contribution is 7.92. The number of hydrazone groups is 1. The van der Waals surface area contributed by atoms with Crippen molar-refractivity contribution in [1.82, 2.24) is 5.43 Å². The lowest BCUT2D eigenvalue weighted by Crippen LogP contribution is -2.40. The minimum atomic E-state index is -4.10. The first-order valence-corrected chi connectivity index (χ1v) is 15.6. The number of benzene rings is 4. The van der Waals surface area contributed by atoms with Crippen LogP contribution in [0.3, 0.4) is 0 Å². The number of sulfonamides is 1. The van der Waals surface area contributed by atoms with Gasteiger partial charge in [0, 0.05) is 10.0 Å². The van der Waals surface area contributed by atoms with Gasteiger partial charge in [0.2, 0.25) is 0 Å². The zero-order chi connectivity index (χ0) is 31.0. The fourth-order valence-electron chi connectivity index (χ4n) is 4.13. The third-order valence-electron chi connectivity index (χ3n) is 6.36. The van der Waals surface area contributed by atoms with Crippen LogP contribution in [0, 0.1) is 13.8 Å². The van der Waals surface area contributed by atoms with Crippen molar-refractivity contribution in [2.45, 2.75) is 32.3 Å². The number of carbonyl (C=O) groups excluding carboxylic acids is 1. The van der Waals surface area contributed by atoms with Crippen molar-refractivity contribution >= 4 is 51.0 Å². The van der Waals surface area contributed by atoms with Crippen molar-refractivity contribution < 1.29 is 22.7 Å². The molecule has 0 saturated heterocycles. The van der Waals surface area contributed by atoms with Crippen molar-refractivity contribution in [2.24, 2.45) is 5.10 Å². The Morgan fingerprint density at radius 3 is 2.40 bits per heavy atom. The number of hydrogen-bond acceptors (Lipinski definition) is 6. The van der Waals surface area contributed by atoms with Gasteiger partial charge in [-0.1, -0.05) is 59.1 Å². The molecule has 8 nitrogen and oxygen atoms in total. The van der Waals surface area contributed by atoms with Gasteiger partial charge in [0.15, 0.2) is 11.5 Å². The van der Waals surface area contributed by atoms with Crippen LogP contribution in [-0.4, -0.2) is 33.7 Å². The molecule has 4 aromatic carbocycles. The summed E-state index contributed by atoms with van der Waals surface area (Å²) in [6.07, 6.45) is 1.44. The molecule has 0 fully saturated rings. The molecule has 0 aliphatic carbocycles. The van der Waals surface area contributed by atoms with E-state index in [0.717, 1.165) is 15.4 Å². The average molecular weight is 641 g/mol. The van der Waals surface area contributed by atoms with Gasteiger partial charge in [-0.15, -0.1) is 0 Å². The average Bonchev–Trinajstić information content (AvgIpc) is 2.97. The molecule has 0 heterocycles. The van der Waals surface area contributed by atoms with E-state index >= 15 is 0 Å². The minimum Gasteiger partial charge on any atom is -0.490 e. The van der Waals surface area contributed by atoms with Crippen molar-refractivity contribution in [3.63, 3.8) is 0 Å². The maximum atomic E-state index is 13.7. The largest absolute Gasteiger partial charge is 0.490 e. The number of carbonyl (C=O) groups is 1. The van der Waals surface area contributed by atoms with E-state index in [1.54, 1.807) is 61.5 Å². The Bertz CT molecular complexity index is 1730. The number of nitrogens with zero attached hydrogens (tertiary/aromatic N) is 2. The molecule has 4 aromatic rings. The minimum absolute atomic E-state index is 0.0508. The standard InChI is InChI=1S/C32H31Cl2N3O5S/c1-4-41-31-18-24(13-16-30(31)42-21-25-7-5-8-26(33)17-25)19-35-36-32(38)20-37(29-10-6-9-28(34)23(29)3)43(39,40)27-14-11-22(2)12-15-27/h5-19H,4,20-21H2,1-3H3,(H,36,38)/b35-19-. The summed E-state index contributed by atoms with van der Waals surface area (Å²) >= 11 is 12.4. The molecule has 1 N–H and O–H groups in total. The Morgan fingerprint density at radius 1 is 0.930 bits per heavy atom. The van der Waals surface area contributed by atoms with Crippen molar-refractivity contribution in [3.8, 4) is 11.5 Å². The quantitative estimate of drug-likeness (QED) is 0.134. The third kappa shape index (κ3) is 8.28. The predicted octanol–water partition coefficient (Wildman–Crippen LogP) is 6.93. The van der Waals surface area contributed by atoms with E-state index in [1.807, 2.05) is 32.0 Å². The highest BCUT2D eigenvalue weighted by Crippen LogP contribution is 2.31. The zero-order valence-corrected chi connectivity index (χ0v) is 26.2. The second kappa shape index (κ2) is 14.4. The van der Waals surface area contributed by atoms with Crippen LogP contribution < -0.4 is 19.2 Å². The van der Waals surface area contributed by atoms with E-state index in [4.69, 9.17) is 32.7 Å². The number of amides is 1. The predicted molar refractivity (Wildman–Crippen MR) is 171 cm³/mol. The molecular formula is C32H31Cl2N3O5S. The van der Waals surface area contributed by atoms with Gasteiger partial charge in [0.1, 0.15) is 13.2 Å². The number of hydrogen-bond donors (Lipinski definition) is 1. The van der Waals surface area contributed by atoms with Crippen LogP contribution in [0.2, 0.25) is 10.0 Å². The van der Waals surface area contributed by atoms with Crippen molar-refractivity contribution in [3.05, 3.63) is 117 Å². The van der Waals surface area contributed by atoms with Crippen LogP contribution in [0.25, 0.3) is 0 Å². The van der Waals surface area contributed by atoms with Crippen molar-refractivity contribution in [1.29, 1.82) is 0 Å². The number of rotatable bonds is 12. The molecule has 0 saturated carbocycles. The van der Waals surface area contributed by atoms with Crippen LogP contribution in [0.15, 0.2) is 94.9 Å². The Kier molecular flexibility index (Phi) is 10.7. The number of anilines is 1. The molecule has 0 unspecified atom stereocenters. The van der Waals surface area contributed by atoms with Crippen LogP contribution in [0.4, 0.5) is 5.69 Å². The van der Waals surface area contributed by atoms with Gasteiger partial charge in [-0.3, -0.25) is 9.10 Å². The summed E-state index contributed by atoms with van der Waals surface area (Å²) in [6, 6.07) is 23.9. The molecular weight excluding hydrogens is 609 g/mol. The van der Waals surface area contributed by atoms with Crippen LogP contribution in [-0.2, 0) is 21.4 Å². The highest BCUT2D eigenvalue weighted by Gasteiger charge is 2.28. The molecule has 0 aromatic heterocycles. The Balaban J connectivity index is 1.50. The molecule has 224 valence electrons. The van der Waals surface area contributed by atoms with E-state index in [0.29, 0.717) is 51.6 Å². The third-order valence-corrected chi connectivity index (χ3v) is 8.78. The van der Waals surface area contributed by atoms with Crippen LogP contribution in [0.5, 0.6) is 11.5 Å². The lowest BCUT2D eigenvalue weighted by atomic mass is 10.2. The van der Waals surface area contributed by atoms with Gasteiger partial charge in [0.05, 0.1) is 23.4 Å². The number of ether oxygens (including phenoxy) is 2. The first-order chi connectivity index (χ1) is 20.6. The molecule has 11 heteroatoms. The number of aryl methyl sites for hydroxylation is 1. The molecule has 1 amide bonds. The van der Waals surface area contributed by atoms with E-state index in [2.05, 4.69) is 10.5 Å². The molecule has 0 spiro atoms. The molecule has 0 aliphatic heterocycles. The summed E-state index contributed by atoms with van der Waals surface area (Å²) in [6.45, 7) is 5.62. The van der Waals surface area contributed by atoms with E-state index < -0.39 is 22.5 Å². The van der Waals surface area contributed by atoms with Crippen molar-refractivity contribution in [2.75, 3.05) is 17.5 Å². The summed E-state index contributed by atoms with van der Waals surface area (Å²) in [4.78, 5) is 13.0. The number of halogens is 2. The lowest BCUT2D eigenvalue weighted by Gasteiger charge is -2.25. The Morgan fingerprint density at radius 2 is 1.67 bits per heavy atom. The topological polar surface area (TPSA) is 97.3 Å². The summed E-state index contributed by atoms with van der Waals surface area (Å²) in [5, 5.41) is 5.05. The second-order valence-corrected chi connectivity index (χ2v) is 12.3. The lowest BCUT2D eigenvalue weighted by molar-refractivity contribution is -0.119. The molecule has 43 heavy (non-hydrogen) atoms. The maximum Gasteiger partial charge on any atom is 0.264 e.